The van der Waals surface area contributed by atoms with Crippen LogP contribution in [-0.2, 0) is 0 Å². The Bertz CT molecular complexity index is 321. The molecule has 0 saturated carbocycles. The molecule has 2 unspecified atom stereocenters. The Hall–Kier alpha value is -0.590. The summed E-state index contributed by atoms with van der Waals surface area (Å²) in [6, 6.07) is 2.46. The van der Waals surface area contributed by atoms with Crippen molar-refractivity contribution < 1.29 is 0 Å². The van der Waals surface area contributed by atoms with Crippen molar-refractivity contribution in [2.24, 2.45) is 11.8 Å². The molecule has 0 spiro atoms. The van der Waals surface area contributed by atoms with Crippen LogP contribution >= 0.6 is 0 Å². The first-order chi connectivity index (χ1) is 10.0. The predicted octanol–water partition coefficient (Wildman–Crippen LogP) is 3.81. The lowest BCUT2D eigenvalue weighted by molar-refractivity contribution is 0.257. The Morgan fingerprint density at radius 3 is 2.71 bits per heavy atom. The summed E-state index contributed by atoms with van der Waals surface area (Å²) in [7, 11) is 0. The van der Waals surface area contributed by atoms with Crippen molar-refractivity contribution in [1.82, 2.24) is 10.2 Å². The van der Waals surface area contributed by atoms with Crippen molar-refractivity contribution in [2.75, 3.05) is 26.2 Å². The van der Waals surface area contributed by atoms with Gasteiger partial charge in [0.15, 0.2) is 0 Å². The van der Waals surface area contributed by atoms with Gasteiger partial charge in [-0.25, -0.2) is 0 Å². The van der Waals surface area contributed by atoms with Gasteiger partial charge in [-0.1, -0.05) is 20.8 Å². The van der Waals surface area contributed by atoms with Crippen molar-refractivity contribution in [1.29, 1.82) is 5.26 Å². The summed E-state index contributed by atoms with van der Waals surface area (Å²) < 4.78 is 0. The maximum absolute atomic E-state index is 9.36. The van der Waals surface area contributed by atoms with E-state index in [-0.39, 0.29) is 5.54 Å². The topological polar surface area (TPSA) is 39.1 Å². The van der Waals surface area contributed by atoms with E-state index in [0.717, 1.165) is 44.2 Å². The Morgan fingerprint density at radius 2 is 2.10 bits per heavy atom. The normalized spacial score (nSPS) is 23.5. The minimum Gasteiger partial charge on any atom is -0.303 e. The smallest absolute Gasteiger partial charge is 0.103 e. The van der Waals surface area contributed by atoms with Crippen LogP contribution in [0.1, 0.15) is 66.2 Å². The maximum atomic E-state index is 9.36. The zero-order chi connectivity index (χ0) is 15.7. The maximum Gasteiger partial charge on any atom is 0.103 e. The molecule has 0 radical (unpaired) electrons. The van der Waals surface area contributed by atoms with E-state index < -0.39 is 0 Å². The van der Waals surface area contributed by atoms with Gasteiger partial charge in [0.1, 0.15) is 5.54 Å². The lowest BCUT2D eigenvalue weighted by Crippen LogP contribution is -2.42. The Balaban J connectivity index is 2.30. The number of likely N-dealkylation sites (tertiary alicyclic amines) is 1. The summed E-state index contributed by atoms with van der Waals surface area (Å²) >= 11 is 0. The number of nitriles is 1. The van der Waals surface area contributed by atoms with Gasteiger partial charge in [-0.3, -0.25) is 5.32 Å². The largest absolute Gasteiger partial charge is 0.303 e. The third-order valence-corrected chi connectivity index (χ3v) is 4.97. The van der Waals surface area contributed by atoms with Gasteiger partial charge in [0.05, 0.1) is 6.07 Å². The molecule has 1 rings (SSSR count). The quantitative estimate of drug-likeness (QED) is 0.739. The molecule has 2 atom stereocenters. The molecule has 1 fully saturated rings. The third-order valence-electron chi connectivity index (χ3n) is 4.97. The van der Waals surface area contributed by atoms with Crippen LogP contribution in [0.3, 0.4) is 0 Å². The molecular weight excluding hydrogens is 258 g/mol. The zero-order valence-corrected chi connectivity index (χ0v) is 14.6. The van der Waals surface area contributed by atoms with Gasteiger partial charge in [0.2, 0.25) is 0 Å². The zero-order valence-electron chi connectivity index (χ0n) is 14.6. The van der Waals surface area contributed by atoms with Gasteiger partial charge in [0, 0.05) is 0 Å². The molecule has 122 valence electrons. The Morgan fingerprint density at radius 1 is 1.33 bits per heavy atom. The summed E-state index contributed by atoms with van der Waals surface area (Å²) in [5, 5.41) is 12.8. The molecule has 1 heterocycles. The lowest BCUT2D eigenvalue weighted by atomic mass is 9.89. The second-order valence-corrected chi connectivity index (χ2v) is 7.25. The van der Waals surface area contributed by atoms with E-state index in [1.807, 2.05) is 6.92 Å². The van der Waals surface area contributed by atoms with Gasteiger partial charge in [-0.2, -0.15) is 5.26 Å². The number of hydrogen-bond donors (Lipinski definition) is 1. The number of hydrogen-bond acceptors (Lipinski definition) is 3. The highest BCUT2D eigenvalue weighted by Crippen LogP contribution is 2.24. The summed E-state index contributed by atoms with van der Waals surface area (Å²) in [5.41, 5.74) is -0.345. The van der Waals surface area contributed by atoms with Crippen molar-refractivity contribution in [2.45, 2.75) is 71.8 Å². The van der Waals surface area contributed by atoms with E-state index in [1.165, 1.54) is 32.4 Å². The number of nitrogens with zero attached hydrogens (tertiary/aromatic N) is 2. The van der Waals surface area contributed by atoms with Gasteiger partial charge in [0.25, 0.3) is 0 Å². The molecule has 3 nitrogen and oxygen atoms in total. The fourth-order valence-corrected chi connectivity index (χ4v) is 3.31. The molecule has 0 aromatic rings. The van der Waals surface area contributed by atoms with Crippen molar-refractivity contribution in [3.05, 3.63) is 0 Å². The molecule has 1 saturated heterocycles. The van der Waals surface area contributed by atoms with Crippen LogP contribution in [0, 0.1) is 23.2 Å². The first-order valence-electron chi connectivity index (χ1n) is 8.89. The van der Waals surface area contributed by atoms with Crippen molar-refractivity contribution in [3.8, 4) is 6.07 Å². The van der Waals surface area contributed by atoms with Gasteiger partial charge in [-0.15, -0.1) is 0 Å². The predicted molar refractivity (Wildman–Crippen MR) is 90.2 cm³/mol. The Labute approximate surface area is 132 Å². The first kappa shape index (κ1) is 18.5. The average Bonchev–Trinajstić information content (AvgIpc) is 2.71. The van der Waals surface area contributed by atoms with Crippen LogP contribution in [0.15, 0.2) is 0 Å². The molecule has 0 bridgehead atoms. The Kier molecular flexibility index (Phi) is 8.29. The fraction of sp³-hybridized carbons (Fsp3) is 0.944. The van der Waals surface area contributed by atoms with Crippen molar-refractivity contribution in [3.63, 3.8) is 0 Å². The SMILES string of the molecule is CCCNC(C)(C#N)CCCN1CCCC(C(C)C)CC1. The first-order valence-corrected chi connectivity index (χ1v) is 8.89. The number of rotatable bonds is 8. The summed E-state index contributed by atoms with van der Waals surface area (Å²) in [6.07, 6.45) is 7.23. The van der Waals surface area contributed by atoms with Crippen LogP contribution in [0.4, 0.5) is 0 Å². The molecule has 1 aliphatic heterocycles. The van der Waals surface area contributed by atoms with E-state index in [4.69, 9.17) is 0 Å². The summed E-state index contributed by atoms with van der Waals surface area (Å²) in [6.45, 7) is 13.5. The highest BCUT2D eigenvalue weighted by Gasteiger charge is 2.23. The molecule has 1 N–H and O–H groups in total. The van der Waals surface area contributed by atoms with E-state index in [9.17, 15) is 5.26 Å². The lowest BCUT2D eigenvalue weighted by Gasteiger charge is -2.26. The van der Waals surface area contributed by atoms with E-state index in [0.29, 0.717) is 0 Å². The second kappa shape index (κ2) is 9.43. The van der Waals surface area contributed by atoms with Crippen molar-refractivity contribution >= 4 is 0 Å². The van der Waals surface area contributed by atoms with Crippen LogP contribution in [0.2, 0.25) is 0 Å². The van der Waals surface area contributed by atoms with Gasteiger partial charge >= 0.3 is 0 Å². The van der Waals surface area contributed by atoms with Crippen LogP contribution in [0.5, 0.6) is 0 Å². The van der Waals surface area contributed by atoms with E-state index in [2.05, 4.69) is 37.1 Å². The summed E-state index contributed by atoms with van der Waals surface area (Å²) in [4.78, 5) is 2.61. The molecular formula is C18H35N3. The highest BCUT2D eigenvalue weighted by atomic mass is 15.1. The molecule has 0 aromatic carbocycles. The fourth-order valence-electron chi connectivity index (χ4n) is 3.31. The highest BCUT2D eigenvalue weighted by molar-refractivity contribution is 5.03. The average molecular weight is 293 g/mol. The van der Waals surface area contributed by atoms with Crippen LogP contribution in [-0.4, -0.2) is 36.6 Å². The molecule has 1 aliphatic rings. The van der Waals surface area contributed by atoms with Gasteiger partial charge < -0.3 is 4.90 Å². The van der Waals surface area contributed by atoms with Crippen LogP contribution in [0.25, 0.3) is 0 Å². The second-order valence-electron chi connectivity index (χ2n) is 7.25. The monoisotopic (exact) mass is 293 g/mol. The van der Waals surface area contributed by atoms with Crippen LogP contribution < -0.4 is 5.32 Å². The minimum atomic E-state index is -0.345. The standard InChI is InChI=1S/C18H35N3/c1-5-11-20-18(4,15-19)10-7-13-21-12-6-8-17(9-14-21)16(2)3/h16-17,20H,5-14H2,1-4H3. The minimum absolute atomic E-state index is 0.345. The van der Waals surface area contributed by atoms with E-state index in [1.54, 1.807) is 0 Å². The molecule has 0 aliphatic carbocycles. The van der Waals surface area contributed by atoms with Gasteiger partial charge in [-0.05, 0) is 83.5 Å². The summed E-state index contributed by atoms with van der Waals surface area (Å²) in [5.74, 6) is 1.73. The number of nitrogens with one attached hydrogen (secondary N) is 1. The molecule has 3 heteroatoms. The molecule has 0 aromatic heterocycles. The third kappa shape index (κ3) is 6.80. The molecule has 0 amide bonds. The van der Waals surface area contributed by atoms with E-state index >= 15 is 0 Å². The molecule has 21 heavy (non-hydrogen) atoms.